The molecule has 1 fully saturated rings. The van der Waals surface area contributed by atoms with Gasteiger partial charge in [-0.1, -0.05) is 0 Å². The van der Waals surface area contributed by atoms with Crippen LogP contribution in [0.1, 0.15) is 34.0 Å². The van der Waals surface area contributed by atoms with Gasteiger partial charge >= 0.3 is 0 Å². The number of H-pyrrole nitrogens is 2. The summed E-state index contributed by atoms with van der Waals surface area (Å²) in [6, 6.07) is 0. The van der Waals surface area contributed by atoms with E-state index in [0.717, 1.165) is 17.2 Å². The summed E-state index contributed by atoms with van der Waals surface area (Å²) in [6.45, 7) is 4.77. The number of nitrogens with zero attached hydrogens (tertiary/aromatic N) is 2. The predicted molar refractivity (Wildman–Crippen MR) is 71.2 cm³/mol. The van der Waals surface area contributed by atoms with E-state index in [0.29, 0.717) is 25.2 Å². The maximum Gasteiger partial charge on any atom is 0.255 e. The largest absolute Gasteiger partial charge is 0.378 e. The van der Waals surface area contributed by atoms with Crippen LogP contribution in [0.4, 0.5) is 0 Å². The van der Waals surface area contributed by atoms with Gasteiger partial charge in [-0.2, -0.15) is 5.10 Å². The van der Waals surface area contributed by atoms with Crippen LogP contribution in [0.15, 0.2) is 12.4 Å². The number of amides is 1. The van der Waals surface area contributed by atoms with Crippen LogP contribution in [-0.4, -0.2) is 39.3 Å². The van der Waals surface area contributed by atoms with Gasteiger partial charge in [-0.15, -0.1) is 0 Å². The third kappa shape index (κ3) is 2.09. The van der Waals surface area contributed by atoms with Gasteiger partial charge in [0.1, 0.15) is 11.4 Å². The van der Waals surface area contributed by atoms with Crippen molar-refractivity contribution in [3.05, 3.63) is 35.2 Å². The third-order valence-electron chi connectivity index (χ3n) is 3.61. The van der Waals surface area contributed by atoms with E-state index in [4.69, 9.17) is 4.74 Å². The normalized spacial score (nSPS) is 22.1. The predicted octanol–water partition coefficient (Wildman–Crippen LogP) is 0.795. The molecule has 1 aliphatic heterocycles. The molecule has 7 heteroatoms. The smallest absolute Gasteiger partial charge is 0.255 e. The molecule has 7 nitrogen and oxygen atoms in total. The van der Waals surface area contributed by atoms with E-state index in [-0.39, 0.29) is 5.91 Å². The second kappa shape index (κ2) is 4.75. The van der Waals surface area contributed by atoms with Crippen LogP contribution < -0.4 is 5.32 Å². The summed E-state index contributed by atoms with van der Waals surface area (Å²) in [6.07, 6.45) is 3.98. The highest BCUT2D eigenvalue weighted by Crippen LogP contribution is 2.29. The number of aryl methyl sites for hydroxylation is 2. The van der Waals surface area contributed by atoms with Crippen molar-refractivity contribution in [3.8, 4) is 0 Å². The summed E-state index contributed by atoms with van der Waals surface area (Å²) in [7, 11) is 0. The van der Waals surface area contributed by atoms with Crippen LogP contribution in [0.5, 0.6) is 0 Å². The lowest BCUT2D eigenvalue weighted by atomic mass is 9.97. The van der Waals surface area contributed by atoms with E-state index >= 15 is 0 Å². The Morgan fingerprint density at radius 3 is 2.85 bits per heavy atom. The first-order valence-corrected chi connectivity index (χ1v) is 6.53. The van der Waals surface area contributed by atoms with E-state index in [1.807, 2.05) is 13.8 Å². The Morgan fingerprint density at radius 1 is 1.45 bits per heavy atom. The number of ether oxygens (including phenoxy) is 1. The Morgan fingerprint density at radius 2 is 2.30 bits per heavy atom. The van der Waals surface area contributed by atoms with Gasteiger partial charge in [-0.25, -0.2) is 4.98 Å². The molecule has 1 atom stereocenters. The summed E-state index contributed by atoms with van der Waals surface area (Å²) >= 11 is 0. The molecular weight excluding hydrogens is 258 g/mol. The number of carbonyl (C=O) groups is 1. The second-order valence-electron chi connectivity index (χ2n) is 5.16. The standard InChI is InChI=1S/C13H17N5O2/c1-8-5-14-12(16-8)13(3-4-20-7-13)17-11(19)10-6-15-18-9(10)2/h5-6H,3-4,7H2,1-2H3,(H,14,16)(H,15,18)(H,17,19). The van der Waals surface area contributed by atoms with Gasteiger partial charge in [0.25, 0.3) is 5.91 Å². The van der Waals surface area contributed by atoms with Crippen LogP contribution in [0.25, 0.3) is 0 Å². The first-order valence-electron chi connectivity index (χ1n) is 6.53. The Kier molecular flexibility index (Phi) is 3.06. The van der Waals surface area contributed by atoms with Crippen molar-refractivity contribution in [1.82, 2.24) is 25.5 Å². The first kappa shape index (κ1) is 12.9. The maximum absolute atomic E-state index is 12.4. The van der Waals surface area contributed by atoms with Gasteiger partial charge in [-0.3, -0.25) is 9.89 Å². The summed E-state index contributed by atoms with van der Waals surface area (Å²) in [5, 5.41) is 9.69. The molecule has 0 radical (unpaired) electrons. The molecule has 0 saturated carbocycles. The van der Waals surface area contributed by atoms with Gasteiger partial charge < -0.3 is 15.0 Å². The molecular formula is C13H17N5O2. The van der Waals surface area contributed by atoms with Gasteiger partial charge in [0.15, 0.2) is 0 Å². The van der Waals surface area contributed by atoms with Crippen molar-refractivity contribution in [3.63, 3.8) is 0 Å². The molecule has 2 aromatic rings. The quantitative estimate of drug-likeness (QED) is 0.772. The molecule has 3 N–H and O–H groups in total. The topological polar surface area (TPSA) is 95.7 Å². The Labute approximate surface area is 116 Å². The van der Waals surface area contributed by atoms with Crippen LogP contribution in [0.2, 0.25) is 0 Å². The minimum Gasteiger partial charge on any atom is -0.378 e. The molecule has 1 saturated heterocycles. The summed E-state index contributed by atoms with van der Waals surface area (Å²) in [5.41, 5.74) is 1.65. The van der Waals surface area contributed by atoms with Crippen LogP contribution >= 0.6 is 0 Å². The molecule has 1 aliphatic rings. The number of rotatable bonds is 3. The number of aromatic amines is 2. The Balaban J connectivity index is 1.89. The minimum absolute atomic E-state index is 0.171. The third-order valence-corrected chi connectivity index (χ3v) is 3.61. The molecule has 0 aliphatic carbocycles. The van der Waals surface area contributed by atoms with Crippen molar-refractivity contribution in [2.75, 3.05) is 13.2 Å². The van der Waals surface area contributed by atoms with E-state index in [2.05, 4.69) is 25.5 Å². The second-order valence-corrected chi connectivity index (χ2v) is 5.16. The molecule has 0 spiro atoms. The molecule has 106 valence electrons. The number of hydrogen-bond donors (Lipinski definition) is 3. The van der Waals surface area contributed by atoms with Crippen molar-refractivity contribution < 1.29 is 9.53 Å². The molecule has 20 heavy (non-hydrogen) atoms. The van der Waals surface area contributed by atoms with Gasteiger partial charge in [-0.05, 0) is 13.8 Å². The lowest BCUT2D eigenvalue weighted by molar-refractivity contribution is 0.0869. The van der Waals surface area contributed by atoms with Gasteiger partial charge in [0.2, 0.25) is 0 Å². The van der Waals surface area contributed by atoms with Crippen molar-refractivity contribution in [2.24, 2.45) is 0 Å². The van der Waals surface area contributed by atoms with Crippen LogP contribution in [-0.2, 0) is 10.3 Å². The van der Waals surface area contributed by atoms with Crippen molar-refractivity contribution in [2.45, 2.75) is 25.8 Å². The summed E-state index contributed by atoms with van der Waals surface area (Å²) in [5.74, 6) is 0.567. The molecule has 1 amide bonds. The van der Waals surface area contributed by atoms with Crippen LogP contribution in [0.3, 0.4) is 0 Å². The van der Waals surface area contributed by atoms with Crippen molar-refractivity contribution in [1.29, 1.82) is 0 Å². The highest BCUT2D eigenvalue weighted by molar-refractivity contribution is 5.95. The maximum atomic E-state index is 12.4. The van der Waals surface area contributed by atoms with E-state index in [9.17, 15) is 4.79 Å². The monoisotopic (exact) mass is 275 g/mol. The fraction of sp³-hybridized carbons (Fsp3) is 0.462. The summed E-state index contributed by atoms with van der Waals surface area (Å²) < 4.78 is 5.47. The lowest BCUT2D eigenvalue weighted by Gasteiger charge is -2.26. The zero-order chi connectivity index (χ0) is 14.2. The van der Waals surface area contributed by atoms with E-state index in [1.54, 1.807) is 6.20 Å². The average Bonchev–Trinajstić information content (AvgIpc) is 3.10. The molecule has 2 aromatic heterocycles. The van der Waals surface area contributed by atoms with Crippen molar-refractivity contribution >= 4 is 5.91 Å². The highest BCUT2D eigenvalue weighted by Gasteiger charge is 2.41. The van der Waals surface area contributed by atoms with Gasteiger partial charge in [0, 0.05) is 30.6 Å². The van der Waals surface area contributed by atoms with Crippen LogP contribution in [0, 0.1) is 13.8 Å². The average molecular weight is 275 g/mol. The number of hydrogen-bond acceptors (Lipinski definition) is 4. The molecule has 0 aromatic carbocycles. The highest BCUT2D eigenvalue weighted by atomic mass is 16.5. The lowest BCUT2D eigenvalue weighted by Crippen LogP contribution is -2.47. The SMILES string of the molecule is Cc1cnc(C2(NC(=O)c3cn[nH]c3C)CCOC2)[nH]1. The number of carbonyl (C=O) groups excluding carboxylic acids is 1. The fourth-order valence-electron chi connectivity index (χ4n) is 2.43. The molecule has 3 rings (SSSR count). The fourth-order valence-corrected chi connectivity index (χ4v) is 2.43. The molecule has 1 unspecified atom stereocenters. The number of nitrogens with one attached hydrogen (secondary N) is 3. The molecule has 0 bridgehead atoms. The minimum atomic E-state index is -0.588. The zero-order valence-corrected chi connectivity index (χ0v) is 11.5. The van der Waals surface area contributed by atoms with E-state index in [1.165, 1.54) is 6.20 Å². The molecule has 3 heterocycles. The number of imidazole rings is 1. The zero-order valence-electron chi connectivity index (χ0n) is 11.5. The Bertz CT molecular complexity index is 624. The number of aromatic nitrogens is 4. The van der Waals surface area contributed by atoms with E-state index < -0.39 is 5.54 Å². The Hall–Kier alpha value is -2.15. The first-order chi connectivity index (χ1) is 9.61. The van der Waals surface area contributed by atoms with Gasteiger partial charge in [0.05, 0.1) is 18.4 Å². The summed E-state index contributed by atoms with van der Waals surface area (Å²) in [4.78, 5) is 19.9.